The minimum Gasteiger partial charge on any atom is -0.351 e. The SMILES string of the molecule is CC(N)C(C)C(=O)NCc1cncs1. The maximum Gasteiger partial charge on any atom is 0.224 e. The molecular weight excluding hydrogens is 198 g/mol. The number of nitrogens with two attached hydrogens (primary N) is 1. The summed E-state index contributed by atoms with van der Waals surface area (Å²) in [5, 5.41) is 2.82. The molecule has 0 aromatic carbocycles. The highest BCUT2D eigenvalue weighted by Gasteiger charge is 2.16. The lowest BCUT2D eigenvalue weighted by atomic mass is 10.0. The van der Waals surface area contributed by atoms with Crippen LogP contribution in [0.15, 0.2) is 11.7 Å². The van der Waals surface area contributed by atoms with Gasteiger partial charge in [0.15, 0.2) is 0 Å². The molecule has 0 saturated carbocycles. The number of nitrogens with one attached hydrogen (secondary N) is 1. The van der Waals surface area contributed by atoms with Crippen LogP contribution >= 0.6 is 11.3 Å². The minimum absolute atomic E-state index is 0.00611. The van der Waals surface area contributed by atoms with E-state index >= 15 is 0 Å². The van der Waals surface area contributed by atoms with Crippen LogP contribution < -0.4 is 11.1 Å². The van der Waals surface area contributed by atoms with E-state index in [0.29, 0.717) is 6.54 Å². The minimum atomic E-state index is -0.150. The first-order chi connectivity index (χ1) is 6.61. The predicted molar refractivity (Wildman–Crippen MR) is 56.8 cm³/mol. The third kappa shape index (κ3) is 3.08. The van der Waals surface area contributed by atoms with Gasteiger partial charge in [0.2, 0.25) is 5.91 Å². The van der Waals surface area contributed by atoms with E-state index < -0.39 is 0 Å². The van der Waals surface area contributed by atoms with E-state index in [1.807, 2.05) is 13.8 Å². The van der Waals surface area contributed by atoms with Crippen LogP contribution in [0.2, 0.25) is 0 Å². The number of carbonyl (C=O) groups excluding carboxylic acids is 1. The molecule has 1 heterocycles. The van der Waals surface area contributed by atoms with E-state index in [4.69, 9.17) is 5.73 Å². The molecule has 78 valence electrons. The van der Waals surface area contributed by atoms with Gasteiger partial charge in [0, 0.05) is 23.0 Å². The van der Waals surface area contributed by atoms with Crippen molar-refractivity contribution in [2.24, 2.45) is 11.7 Å². The fraction of sp³-hybridized carbons (Fsp3) is 0.556. The molecule has 1 aromatic rings. The summed E-state index contributed by atoms with van der Waals surface area (Å²) >= 11 is 1.53. The first-order valence-corrected chi connectivity index (χ1v) is 5.40. The number of hydrogen-bond donors (Lipinski definition) is 2. The second-order valence-electron chi connectivity index (χ2n) is 3.33. The van der Waals surface area contributed by atoms with Crippen LogP contribution in [0, 0.1) is 5.92 Å². The van der Waals surface area contributed by atoms with Crippen molar-refractivity contribution < 1.29 is 4.79 Å². The van der Waals surface area contributed by atoms with E-state index in [1.54, 1.807) is 11.7 Å². The Morgan fingerprint density at radius 1 is 1.71 bits per heavy atom. The predicted octanol–water partition coefficient (Wildman–Crippen LogP) is 0.743. The number of thiazole rings is 1. The summed E-state index contributed by atoms with van der Waals surface area (Å²) in [6, 6.07) is -0.114. The molecule has 2 atom stereocenters. The van der Waals surface area contributed by atoms with Gasteiger partial charge in [-0.05, 0) is 6.92 Å². The van der Waals surface area contributed by atoms with Crippen LogP contribution in [-0.4, -0.2) is 16.9 Å². The molecule has 0 saturated heterocycles. The summed E-state index contributed by atoms with van der Waals surface area (Å²) in [4.78, 5) is 16.4. The van der Waals surface area contributed by atoms with Crippen LogP contribution in [0.5, 0.6) is 0 Å². The van der Waals surface area contributed by atoms with E-state index in [1.165, 1.54) is 11.3 Å². The van der Waals surface area contributed by atoms with Crippen molar-refractivity contribution >= 4 is 17.2 Å². The molecule has 2 unspecified atom stereocenters. The van der Waals surface area contributed by atoms with Crippen LogP contribution in [0.3, 0.4) is 0 Å². The number of nitrogens with zero attached hydrogens (tertiary/aromatic N) is 1. The van der Waals surface area contributed by atoms with Gasteiger partial charge in [0.25, 0.3) is 0 Å². The first kappa shape index (κ1) is 11.1. The first-order valence-electron chi connectivity index (χ1n) is 4.52. The second-order valence-corrected chi connectivity index (χ2v) is 4.30. The highest BCUT2D eigenvalue weighted by molar-refractivity contribution is 7.09. The quantitative estimate of drug-likeness (QED) is 0.775. The Morgan fingerprint density at radius 2 is 2.43 bits per heavy atom. The highest BCUT2D eigenvalue weighted by atomic mass is 32.1. The Balaban J connectivity index is 2.35. The van der Waals surface area contributed by atoms with Crippen molar-refractivity contribution in [2.75, 3.05) is 0 Å². The topological polar surface area (TPSA) is 68.0 Å². The molecule has 0 aliphatic heterocycles. The summed E-state index contributed by atoms with van der Waals surface area (Å²) in [5.74, 6) is -0.156. The Labute approximate surface area is 87.5 Å². The normalized spacial score (nSPS) is 14.8. The smallest absolute Gasteiger partial charge is 0.224 e. The van der Waals surface area contributed by atoms with Crippen molar-refractivity contribution in [1.29, 1.82) is 0 Å². The molecule has 3 N–H and O–H groups in total. The van der Waals surface area contributed by atoms with Crippen LogP contribution in [0.25, 0.3) is 0 Å². The molecule has 0 aliphatic carbocycles. The van der Waals surface area contributed by atoms with Gasteiger partial charge in [0.1, 0.15) is 0 Å². The summed E-state index contributed by atoms with van der Waals surface area (Å²) < 4.78 is 0. The molecule has 1 rings (SSSR count). The molecule has 1 aromatic heterocycles. The van der Waals surface area contributed by atoms with Crippen LogP contribution in [-0.2, 0) is 11.3 Å². The summed E-state index contributed by atoms with van der Waals surface area (Å²) in [6.07, 6.45) is 1.75. The van der Waals surface area contributed by atoms with E-state index in [9.17, 15) is 4.79 Å². The fourth-order valence-electron chi connectivity index (χ4n) is 0.903. The zero-order valence-corrected chi connectivity index (χ0v) is 9.17. The van der Waals surface area contributed by atoms with Crippen molar-refractivity contribution in [3.05, 3.63) is 16.6 Å². The van der Waals surface area contributed by atoms with E-state index in [2.05, 4.69) is 10.3 Å². The summed E-state index contributed by atoms with van der Waals surface area (Å²) in [5.41, 5.74) is 7.36. The number of rotatable bonds is 4. The van der Waals surface area contributed by atoms with Crippen LogP contribution in [0.1, 0.15) is 18.7 Å². The van der Waals surface area contributed by atoms with E-state index in [-0.39, 0.29) is 17.9 Å². The van der Waals surface area contributed by atoms with Gasteiger partial charge in [-0.25, -0.2) is 0 Å². The largest absolute Gasteiger partial charge is 0.351 e. The average molecular weight is 213 g/mol. The number of hydrogen-bond acceptors (Lipinski definition) is 4. The maximum atomic E-state index is 11.5. The highest BCUT2D eigenvalue weighted by Crippen LogP contribution is 2.05. The van der Waals surface area contributed by atoms with Gasteiger partial charge in [-0.1, -0.05) is 6.92 Å². The number of amides is 1. The van der Waals surface area contributed by atoms with Crippen molar-refractivity contribution in [2.45, 2.75) is 26.4 Å². The Morgan fingerprint density at radius 3 is 2.93 bits per heavy atom. The summed E-state index contributed by atoms with van der Waals surface area (Å²) in [7, 11) is 0. The Bertz CT molecular complexity index is 284. The van der Waals surface area contributed by atoms with Crippen LogP contribution in [0.4, 0.5) is 0 Å². The number of aromatic nitrogens is 1. The second kappa shape index (κ2) is 5.07. The molecular formula is C9H15N3OS. The standard InChI is InChI=1S/C9H15N3OS/c1-6(7(2)10)9(13)12-4-8-3-11-5-14-8/h3,5-7H,4,10H2,1-2H3,(H,12,13). The lowest BCUT2D eigenvalue weighted by Crippen LogP contribution is -2.38. The number of carbonyl (C=O) groups is 1. The lowest BCUT2D eigenvalue weighted by Gasteiger charge is -2.14. The fourth-order valence-corrected chi connectivity index (χ4v) is 1.44. The Kier molecular flexibility index (Phi) is 4.03. The van der Waals surface area contributed by atoms with Crippen molar-refractivity contribution in [3.8, 4) is 0 Å². The van der Waals surface area contributed by atoms with Gasteiger partial charge < -0.3 is 11.1 Å². The van der Waals surface area contributed by atoms with Gasteiger partial charge in [0.05, 0.1) is 12.1 Å². The van der Waals surface area contributed by atoms with Crippen molar-refractivity contribution in [3.63, 3.8) is 0 Å². The van der Waals surface area contributed by atoms with Gasteiger partial charge in [-0.3, -0.25) is 9.78 Å². The molecule has 0 fully saturated rings. The monoisotopic (exact) mass is 213 g/mol. The zero-order chi connectivity index (χ0) is 10.6. The van der Waals surface area contributed by atoms with Gasteiger partial charge in [-0.2, -0.15) is 0 Å². The molecule has 14 heavy (non-hydrogen) atoms. The third-order valence-electron chi connectivity index (χ3n) is 2.12. The average Bonchev–Trinajstić information content (AvgIpc) is 2.65. The molecule has 0 aliphatic rings. The maximum absolute atomic E-state index is 11.5. The van der Waals surface area contributed by atoms with Gasteiger partial charge >= 0.3 is 0 Å². The third-order valence-corrected chi connectivity index (χ3v) is 2.90. The molecule has 4 nitrogen and oxygen atoms in total. The van der Waals surface area contributed by atoms with Crippen molar-refractivity contribution in [1.82, 2.24) is 10.3 Å². The Hall–Kier alpha value is -0.940. The molecule has 5 heteroatoms. The molecule has 0 bridgehead atoms. The van der Waals surface area contributed by atoms with E-state index in [0.717, 1.165) is 4.88 Å². The summed E-state index contributed by atoms with van der Waals surface area (Å²) in [6.45, 7) is 4.20. The zero-order valence-electron chi connectivity index (χ0n) is 8.36. The lowest BCUT2D eigenvalue weighted by molar-refractivity contribution is -0.125. The molecule has 0 spiro atoms. The van der Waals surface area contributed by atoms with Gasteiger partial charge in [-0.15, -0.1) is 11.3 Å². The molecule has 0 radical (unpaired) electrons. The molecule has 1 amide bonds.